The number of fused-ring (bicyclic) bond motifs is 8. The van der Waals surface area contributed by atoms with Gasteiger partial charge in [0.15, 0.2) is 0 Å². The van der Waals surface area contributed by atoms with Crippen LogP contribution >= 0.6 is 0 Å². The molecule has 12 heteroatoms. The topological polar surface area (TPSA) is 161 Å². The molecule has 0 radical (unpaired) electrons. The van der Waals surface area contributed by atoms with E-state index in [1.807, 2.05) is 45.9 Å². The molecule has 0 unspecified atom stereocenters. The van der Waals surface area contributed by atoms with Crippen molar-refractivity contribution in [1.29, 1.82) is 0 Å². The average molecular weight is 727 g/mol. The lowest BCUT2D eigenvalue weighted by Gasteiger charge is -2.23. The first-order chi connectivity index (χ1) is 25.6. The van der Waals surface area contributed by atoms with Crippen molar-refractivity contribution in [2.24, 2.45) is 0 Å². The Hall–Kier alpha value is -5.65. The van der Waals surface area contributed by atoms with Crippen LogP contribution in [0.15, 0.2) is 54.6 Å². The van der Waals surface area contributed by atoms with Crippen LogP contribution in [0.2, 0.25) is 0 Å². The van der Waals surface area contributed by atoms with Crippen LogP contribution in [-0.2, 0) is 25.7 Å². The number of carboxylic acids is 1. The van der Waals surface area contributed by atoms with E-state index in [1.54, 1.807) is 0 Å². The third-order valence-electron chi connectivity index (χ3n) is 8.87. The van der Waals surface area contributed by atoms with Crippen LogP contribution in [-0.4, -0.2) is 47.3 Å². The Kier molecular flexibility index (Phi) is 12.9. The van der Waals surface area contributed by atoms with Crippen molar-refractivity contribution in [3.05, 3.63) is 125 Å². The SMILES string of the molecule is CCCOc1c2cccc1Cc1cc([N+](=O)[O-])cc(c1OCCC)Cc1cc(C(=O)O)cc(c1OCCC)Cc1cc([N+](=O)[O-])cc(c1OCCC)C2. The first kappa shape index (κ1) is 38.6. The number of nitrogens with zero attached hydrogens (tertiary/aromatic N) is 2. The Labute approximate surface area is 309 Å². The molecule has 1 aliphatic rings. The van der Waals surface area contributed by atoms with Crippen LogP contribution in [0.5, 0.6) is 23.0 Å². The van der Waals surface area contributed by atoms with Gasteiger partial charge < -0.3 is 24.1 Å². The number of non-ortho nitro benzene ring substituents is 2. The molecule has 0 aliphatic heterocycles. The van der Waals surface area contributed by atoms with Crippen LogP contribution in [0.4, 0.5) is 11.4 Å². The monoisotopic (exact) mass is 726 g/mol. The summed E-state index contributed by atoms with van der Waals surface area (Å²) < 4.78 is 25.5. The molecule has 0 heterocycles. The van der Waals surface area contributed by atoms with E-state index in [-0.39, 0.29) is 42.6 Å². The Morgan fingerprint density at radius 2 is 0.830 bits per heavy atom. The molecule has 280 valence electrons. The average Bonchev–Trinajstić information content (AvgIpc) is 3.12. The van der Waals surface area contributed by atoms with E-state index in [4.69, 9.17) is 18.9 Å². The summed E-state index contributed by atoms with van der Waals surface area (Å²) in [5, 5.41) is 35.1. The highest BCUT2D eigenvalue weighted by atomic mass is 16.6. The van der Waals surface area contributed by atoms with Gasteiger partial charge in [0.2, 0.25) is 0 Å². The molecule has 5 rings (SSSR count). The summed E-state index contributed by atoms with van der Waals surface area (Å²) in [6.07, 6.45) is 3.30. The van der Waals surface area contributed by atoms with Crippen LogP contribution in [0.25, 0.3) is 0 Å². The molecule has 0 atom stereocenters. The van der Waals surface area contributed by atoms with E-state index >= 15 is 0 Å². The Morgan fingerprint density at radius 1 is 0.547 bits per heavy atom. The zero-order valence-corrected chi connectivity index (χ0v) is 30.7. The lowest BCUT2D eigenvalue weighted by Crippen LogP contribution is -2.12. The summed E-state index contributed by atoms with van der Waals surface area (Å²) in [5.74, 6) is 0.796. The summed E-state index contributed by atoms with van der Waals surface area (Å²) in [4.78, 5) is 36.5. The van der Waals surface area contributed by atoms with Crippen molar-refractivity contribution >= 4 is 17.3 Å². The van der Waals surface area contributed by atoms with Gasteiger partial charge in [-0.15, -0.1) is 0 Å². The Bertz CT molecular complexity index is 1870. The predicted octanol–water partition coefficient (Wildman–Crippen LogP) is 9.03. The zero-order valence-electron chi connectivity index (χ0n) is 30.7. The number of para-hydroxylation sites is 1. The van der Waals surface area contributed by atoms with Crippen LogP contribution in [0.3, 0.4) is 0 Å². The van der Waals surface area contributed by atoms with E-state index in [2.05, 4.69) is 0 Å². The number of aromatic carboxylic acids is 1. The maximum Gasteiger partial charge on any atom is 0.335 e. The lowest BCUT2D eigenvalue weighted by molar-refractivity contribution is -0.385. The highest BCUT2D eigenvalue weighted by molar-refractivity contribution is 5.88. The smallest absolute Gasteiger partial charge is 0.335 e. The molecular weight excluding hydrogens is 680 g/mol. The molecule has 12 nitrogen and oxygen atoms in total. The maximum absolute atomic E-state index is 12.6. The largest absolute Gasteiger partial charge is 0.493 e. The van der Waals surface area contributed by atoms with E-state index in [9.17, 15) is 30.1 Å². The minimum absolute atomic E-state index is 0.0176. The van der Waals surface area contributed by atoms with Gasteiger partial charge in [-0.25, -0.2) is 4.79 Å². The molecule has 4 aromatic carbocycles. The number of hydrogen-bond acceptors (Lipinski definition) is 9. The van der Waals surface area contributed by atoms with Gasteiger partial charge in [0.25, 0.3) is 11.4 Å². The zero-order chi connectivity index (χ0) is 38.1. The fourth-order valence-corrected chi connectivity index (χ4v) is 6.64. The van der Waals surface area contributed by atoms with Crippen LogP contribution in [0, 0.1) is 20.2 Å². The predicted molar refractivity (Wildman–Crippen MR) is 200 cm³/mol. The maximum atomic E-state index is 12.6. The summed E-state index contributed by atoms with van der Waals surface area (Å²) >= 11 is 0. The molecule has 4 aromatic rings. The first-order valence-electron chi connectivity index (χ1n) is 18.2. The molecule has 0 aromatic heterocycles. The van der Waals surface area contributed by atoms with E-state index in [0.717, 1.165) is 17.5 Å². The minimum atomic E-state index is -1.17. The van der Waals surface area contributed by atoms with E-state index < -0.39 is 15.8 Å². The number of hydrogen-bond donors (Lipinski definition) is 1. The summed E-state index contributed by atoms with van der Waals surface area (Å²) in [7, 11) is 0. The Balaban J connectivity index is 1.91. The Morgan fingerprint density at radius 3 is 1.11 bits per heavy atom. The molecule has 1 N–H and O–H groups in total. The molecular formula is C41H46N2O10. The van der Waals surface area contributed by atoms with Gasteiger partial charge >= 0.3 is 5.97 Å². The van der Waals surface area contributed by atoms with Crippen molar-refractivity contribution in [1.82, 2.24) is 0 Å². The van der Waals surface area contributed by atoms with Gasteiger partial charge in [0.05, 0.1) is 41.8 Å². The fraction of sp³-hybridized carbons (Fsp3) is 0.390. The standard InChI is InChI=1S/C41H46N2O10/c1-5-12-50-37-26-10-9-11-27(37)17-31-23-36(43(48)49)25-33(40(31)53-15-8-4)19-29-21-34(41(44)45)20-28(38(29)51-13-6-2)18-32-24-35(42(46)47)22-30(16-26)39(32)52-14-7-3/h9-11,20-25H,5-8,12-19H2,1-4H3,(H,44,45). The summed E-state index contributed by atoms with van der Waals surface area (Å²) in [6.45, 7) is 9.31. The van der Waals surface area contributed by atoms with Crippen LogP contribution in [0.1, 0.15) is 108 Å². The number of rotatable bonds is 15. The second-order valence-electron chi connectivity index (χ2n) is 13.1. The third kappa shape index (κ3) is 9.05. The molecule has 0 saturated carbocycles. The summed E-state index contributed by atoms with van der Waals surface area (Å²) in [5.41, 5.74) is 4.38. The van der Waals surface area contributed by atoms with E-state index in [1.165, 1.54) is 36.4 Å². The third-order valence-corrected chi connectivity index (χ3v) is 8.87. The summed E-state index contributed by atoms with van der Waals surface area (Å²) in [6, 6.07) is 14.7. The van der Waals surface area contributed by atoms with Gasteiger partial charge in [-0.1, -0.05) is 45.9 Å². The molecule has 0 amide bonds. The number of nitro groups is 2. The highest BCUT2D eigenvalue weighted by Gasteiger charge is 2.27. The number of carboxylic acid groups (broad SMARTS) is 1. The molecule has 0 fully saturated rings. The van der Waals surface area contributed by atoms with Crippen molar-refractivity contribution < 1.29 is 38.7 Å². The molecule has 0 spiro atoms. The minimum Gasteiger partial charge on any atom is -0.493 e. The lowest BCUT2D eigenvalue weighted by atomic mass is 9.90. The van der Waals surface area contributed by atoms with Crippen molar-refractivity contribution in [2.75, 3.05) is 26.4 Å². The van der Waals surface area contributed by atoms with Gasteiger partial charge in [0, 0.05) is 72.2 Å². The van der Waals surface area contributed by atoms with Gasteiger partial charge in [-0.2, -0.15) is 0 Å². The van der Waals surface area contributed by atoms with Crippen molar-refractivity contribution in [2.45, 2.75) is 79.1 Å². The normalized spacial score (nSPS) is 12.2. The van der Waals surface area contributed by atoms with Crippen molar-refractivity contribution in [3.63, 3.8) is 0 Å². The number of nitro benzene ring substituents is 2. The molecule has 0 saturated heterocycles. The fourth-order valence-electron chi connectivity index (χ4n) is 6.64. The second-order valence-corrected chi connectivity index (χ2v) is 13.1. The van der Waals surface area contributed by atoms with Gasteiger partial charge in [0.1, 0.15) is 23.0 Å². The van der Waals surface area contributed by atoms with Crippen LogP contribution < -0.4 is 18.9 Å². The highest BCUT2D eigenvalue weighted by Crippen LogP contribution is 2.42. The number of benzene rings is 4. The quantitative estimate of drug-likeness (QED) is 0.0814. The number of carbonyl (C=O) groups is 1. The van der Waals surface area contributed by atoms with Crippen molar-refractivity contribution in [3.8, 4) is 23.0 Å². The van der Waals surface area contributed by atoms with Gasteiger partial charge in [-0.3, -0.25) is 20.2 Å². The molecule has 53 heavy (non-hydrogen) atoms. The molecule has 8 bridgehead atoms. The first-order valence-corrected chi connectivity index (χ1v) is 18.2. The molecule has 1 aliphatic carbocycles. The number of ether oxygens (including phenoxy) is 4. The van der Waals surface area contributed by atoms with E-state index in [0.29, 0.717) is 102 Å². The van der Waals surface area contributed by atoms with Gasteiger partial charge in [-0.05, 0) is 60.1 Å². The second kappa shape index (κ2) is 17.7.